The third-order valence-corrected chi connectivity index (χ3v) is 2.69. The van der Waals surface area contributed by atoms with Crippen molar-refractivity contribution in [2.75, 3.05) is 5.32 Å². The lowest BCUT2D eigenvalue weighted by atomic mass is 10.1. The summed E-state index contributed by atoms with van der Waals surface area (Å²) in [7, 11) is 0. The topological polar surface area (TPSA) is 49.3 Å². The molecule has 3 nitrogen and oxygen atoms in total. The van der Waals surface area contributed by atoms with Crippen LogP contribution in [0.25, 0.3) is 0 Å². The Bertz CT molecular complexity index is 618. The van der Waals surface area contributed by atoms with Crippen LogP contribution < -0.4 is 5.32 Å². The summed E-state index contributed by atoms with van der Waals surface area (Å²) in [6.45, 7) is 3.81. The fourth-order valence-electron chi connectivity index (χ4n) is 1.89. The van der Waals surface area contributed by atoms with E-state index in [0.717, 1.165) is 17.2 Å². The molecule has 2 aromatic carbocycles. The molecule has 2 N–H and O–H groups in total. The number of halogens is 1. The lowest BCUT2D eigenvalue weighted by Crippen LogP contribution is -2.12. The lowest BCUT2D eigenvalue weighted by Gasteiger charge is -2.07. The molecule has 0 spiro atoms. The SMILES string of the molecule is Cc1cc(C)cc(C(=O)Nc2ccc(O)c(F)c2)c1. The highest BCUT2D eigenvalue weighted by Crippen LogP contribution is 2.20. The molecule has 2 rings (SSSR count). The number of rotatable bonds is 2. The third-order valence-electron chi connectivity index (χ3n) is 2.69. The molecule has 0 heterocycles. The Kier molecular flexibility index (Phi) is 3.51. The first kappa shape index (κ1) is 13.1. The zero-order valence-electron chi connectivity index (χ0n) is 10.7. The molecule has 0 radical (unpaired) electrons. The third kappa shape index (κ3) is 3.10. The molecule has 0 aromatic heterocycles. The normalized spacial score (nSPS) is 10.3. The number of amides is 1. The molecule has 0 saturated carbocycles. The number of aryl methyl sites for hydroxylation is 2. The van der Waals surface area contributed by atoms with Gasteiger partial charge in [0, 0.05) is 17.3 Å². The number of aromatic hydroxyl groups is 1. The van der Waals surface area contributed by atoms with Crippen molar-refractivity contribution in [3.05, 3.63) is 58.9 Å². The van der Waals surface area contributed by atoms with Gasteiger partial charge in [-0.25, -0.2) is 4.39 Å². The van der Waals surface area contributed by atoms with Crippen LogP contribution in [-0.2, 0) is 0 Å². The first-order valence-electron chi connectivity index (χ1n) is 5.84. The Hall–Kier alpha value is -2.36. The number of benzene rings is 2. The van der Waals surface area contributed by atoms with Crippen LogP contribution in [0.4, 0.5) is 10.1 Å². The number of carbonyl (C=O) groups excluding carboxylic acids is 1. The average molecular weight is 259 g/mol. The van der Waals surface area contributed by atoms with Gasteiger partial charge in [-0.2, -0.15) is 0 Å². The van der Waals surface area contributed by atoms with E-state index < -0.39 is 11.6 Å². The summed E-state index contributed by atoms with van der Waals surface area (Å²) in [6, 6.07) is 9.22. The van der Waals surface area contributed by atoms with Crippen molar-refractivity contribution < 1.29 is 14.3 Å². The molecule has 1 amide bonds. The Morgan fingerprint density at radius 2 is 1.74 bits per heavy atom. The number of hydrogen-bond acceptors (Lipinski definition) is 2. The van der Waals surface area contributed by atoms with E-state index in [0.29, 0.717) is 11.3 Å². The van der Waals surface area contributed by atoms with Gasteiger partial charge in [-0.1, -0.05) is 17.2 Å². The molecular weight excluding hydrogens is 245 g/mol. The van der Waals surface area contributed by atoms with Crippen LogP contribution >= 0.6 is 0 Å². The molecule has 0 saturated heterocycles. The second-order valence-electron chi connectivity index (χ2n) is 4.50. The van der Waals surface area contributed by atoms with Crippen molar-refractivity contribution in [1.82, 2.24) is 0 Å². The van der Waals surface area contributed by atoms with Gasteiger partial charge in [-0.05, 0) is 38.1 Å². The summed E-state index contributed by atoms with van der Waals surface area (Å²) < 4.78 is 13.2. The predicted octanol–water partition coefficient (Wildman–Crippen LogP) is 3.40. The molecule has 0 aliphatic rings. The molecular formula is C15H14FNO2. The van der Waals surface area contributed by atoms with E-state index in [2.05, 4.69) is 5.32 Å². The van der Waals surface area contributed by atoms with E-state index in [9.17, 15) is 9.18 Å². The molecule has 19 heavy (non-hydrogen) atoms. The van der Waals surface area contributed by atoms with Crippen molar-refractivity contribution in [1.29, 1.82) is 0 Å². The van der Waals surface area contributed by atoms with Gasteiger partial charge in [0.2, 0.25) is 0 Å². The maximum absolute atomic E-state index is 13.2. The second-order valence-corrected chi connectivity index (χ2v) is 4.50. The number of hydrogen-bond donors (Lipinski definition) is 2. The van der Waals surface area contributed by atoms with Crippen LogP contribution in [-0.4, -0.2) is 11.0 Å². The fraction of sp³-hybridized carbons (Fsp3) is 0.133. The zero-order chi connectivity index (χ0) is 14.0. The van der Waals surface area contributed by atoms with E-state index >= 15 is 0 Å². The van der Waals surface area contributed by atoms with Crippen LogP contribution in [0.2, 0.25) is 0 Å². The minimum Gasteiger partial charge on any atom is -0.505 e. The summed E-state index contributed by atoms with van der Waals surface area (Å²) in [5.41, 5.74) is 2.80. The molecule has 0 unspecified atom stereocenters. The largest absolute Gasteiger partial charge is 0.505 e. The number of carbonyl (C=O) groups is 1. The van der Waals surface area contributed by atoms with Gasteiger partial charge in [-0.15, -0.1) is 0 Å². The van der Waals surface area contributed by atoms with Gasteiger partial charge >= 0.3 is 0 Å². The summed E-state index contributed by atoms with van der Waals surface area (Å²) in [6.07, 6.45) is 0. The van der Waals surface area contributed by atoms with Crippen LogP contribution in [0.1, 0.15) is 21.5 Å². The molecule has 0 fully saturated rings. The highest BCUT2D eigenvalue weighted by Gasteiger charge is 2.09. The number of nitrogens with one attached hydrogen (secondary N) is 1. The van der Waals surface area contributed by atoms with Crippen LogP contribution in [0.15, 0.2) is 36.4 Å². The van der Waals surface area contributed by atoms with Crippen molar-refractivity contribution in [2.24, 2.45) is 0 Å². The first-order chi connectivity index (χ1) is 8.95. The predicted molar refractivity (Wildman–Crippen MR) is 71.9 cm³/mol. The molecule has 0 aliphatic carbocycles. The van der Waals surface area contributed by atoms with Gasteiger partial charge < -0.3 is 10.4 Å². The van der Waals surface area contributed by atoms with Crippen LogP contribution in [0.5, 0.6) is 5.75 Å². The summed E-state index contributed by atoms with van der Waals surface area (Å²) in [5.74, 6) is -1.51. The maximum Gasteiger partial charge on any atom is 0.255 e. The Morgan fingerprint density at radius 3 is 2.32 bits per heavy atom. The van der Waals surface area contributed by atoms with E-state index in [1.165, 1.54) is 12.1 Å². The van der Waals surface area contributed by atoms with E-state index in [1.54, 1.807) is 12.1 Å². The van der Waals surface area contributed by atoms with Gasteiger partial charge in [0.1, 0.15) is 0 Å². The van der Waals surface area contributed by atoms with E-state index in [4.69, 9.17) is 5.11 Å². The van der Waals surface area contributed by atoms with Gasteiger partial charge in [0.05, 0.1) is 0 Å². The number of phenols is 1. The summed E-state index contributed by atoms with van der Waals surface area (Å²) in [4.78, 5) is 12.0. The second kappa shape index (κ2) is 5.10. The number of phenolic OH excluding ortho intramolecular Hbond substituents is 1. The molecule has 2 aromatic rings. The van der Waals surface area contributed by atoms with E-state index in [-0.39, 0.29) is 5.91 Å². The van der Waals surface area contributed by atoms with Crippen molar-refractivity contribution in [3.8, 4) is 5.75 Å². The Labute approximate surface area is 110 Å². The molecule has 0 bridgehead atoms. The first-order valence-corrected chi connectivity index (χ1v) is 5.84. The van der Waals surface area contributed by atoms with Crippen LogP contribution in [0, 0.1) is 19.7 Å². The highest BCUT2D eigenvalue weighted by molar-refractivity contribution is 6.04. The van der Waals surface area contributed by atoms with E-state index in [1.807, 2.05) is 19.9 Å². The smallest absolute Gasteiger partial charge is 0.255 e. The summed E-state index contributed by atoms with van der Waals surface area (Å²) >= 11 is 0. The van der Waals surface area contributed by atoms with Gasteiger partial charge in [0.15, 0.2) is 11.6 Å². The zero-order valence-corrected chi connectivity index (χ0v) is 10.7. The van der Waals surface area contributed by atoms with Crippen molar-refractivity contribution in [2.45, 2.75) is 13.8 Å². The fourth-order valence-corrected chi connectivity index (χ4v) is 1.89. The molecule has 98 valence electrons. The number of anilines is 1. The van der Waals surface area contributed by atoms with Crippen molar-refractivity contribution >= 4 is 11.6 Å². The Morgan fingerprint density at radius 1 is 1.11 bits per heavy atom. The monoisotopic (exact) mass is 259 g/mol. The molecule has 0 aliphatic heterocycles. The Balaban J connectivity index is 2.22. The highest BCUT2D eigenvalue weighted by atomic mass is 19.1. The van der Waals surface area contributed by atoms with Gasteiger partial charge in [-0.3, -0.25) is 4.79 Å². The molecule has 0 atom stereocenters. The van der Waals surface area contributed by atoms with Crippen molar-refractivity contribution in [3.63, 3.8) is 0 Å². The average Bonchev–Trinajstić information content (AvgIpc) is 2.32. The standard InChI is InChI=1S/C15H14FNO2/c1-9-5-10(2)7-11(6-9)15(19)17-12-3-4-14(18)13(16)8-12/h3-8,18H,1-2H3,(H,17,19). The summed E-state index contributed by atoms with van der Waals surface area (Å²) in [5, 5.41) is 11.7. The minimum atomic E-state index is -0.766. The van der Waals surface area contributed by atoms with Crippen LogP contribution in [0.3, 0.4) is 0 Å². The lowest BCUT2D eigenvalue weighted by molar-refractivity contribution is 0.102. The quantitative estimate of drug-likeness (QED) is 0.812. The molecule has 4 heteroatoms. The van der Waals surface area contributed by atoms with Gasteiger partial charge in [0.25, 0.3) is 5.91 Å². The minimum absolute atomic E-state index is 0.305. The maximum atomic E-state index is 13.2.